The molecule has 0 fully saturated rings. The van der Waals surface area contributed by atoms with Gasteiger partial charge in [0.1, 0.15) is 11.6 Å². The van der Waals surface area contributed by atoms with Crippen molar-refractivity contribution in [1.82, 2.24) is 5.32 Å². The fraction of sp³-hybridized carbons (Fsp3) is 0.176. The summed E-state index contributed by atoms with van der Waals surface area (Å²) in [6.07, 6.45) is 0.554. The van der Waals surface area contributed by atoms with Crippen LogP contribution in [-0.4, -0.2) is 7.05 Å². The van der Waals surface area contributed by atoms with Crippen LogP contribution in [0.15, 0.2) is 48.5 Å². The molecule has 3 aromatic rings. The highest BCUT2D eigenvalue weighted by molar-refractivity contribution is 7.19. The summed E-state index contributed by atoms with van der Waals surface area (Å²) < 4.78 is 27.8. The summed E-state index contributed by atoms with van der Waals surface area (Å²) in [6, 6.07) is 14.0. The molecule has 108 valence electrons. The van der Waals surface area contributed by atoms with Crippen LogP contribution >= 0.6 is 11.3 Å². The van der Waals surface area contributed by atoms with Gasteiger partial charge in [0.15, 0.2) is 0 Å². The van der Waals surface area contributed by atoms with Crippen molar-refractivity contribution in [2.24, 2.45) is 0 Å². The van der Waals surface area contributed by atoms with Crippen molar-refractivity contribution in [1.29, 1.82) is 0 Å². The average Bonchev–Trinajstić information content (AvgIpc) is 2.87. The van der Waals surface area contributed by atoms with Crippen molar-refractivity contribution in [2.45, 2.75) is 12.5 Å². The molecule has 1 atom stereocenters. The Kier molecular flexibility index (Phi) is 3.99. The first-order chi connectivity index (χ1) is 10.2. The Hall–Kier alpha value is -1.78. The van der Waals surface area contributed by atoms with Crippen LogP contribution in [0, 0.1) is 11.6 Å². The predicted molar refractivity (Wildman–Crippen MR) is 83.7 cm³/mol. The summed E-state index contributed by atoms with van der Waals surface area (Å²) in [7, 11) is 1.87. The molecule has 0 radical (unpaired) electrons. The number of fused-ring (bicyclic) bond motifs is 1. The fourth-order valence-electron chi connectivity index (χ4n) is 2.48. The molecule has 21 heavy (non-hydrogen) atoms. The summed E-state index contributed by atoms with van der Waals surface area (Å²) in [5.74, 6) is -1.06. The lowest BCUT2D eigenvalue weighted by molar-refractivity contribution is 0.565. The van der Waals surface area contributed by atoms with Gasteiger partial charge in [0.05, 0.1) is 0 Å². The van der Waals surface area contributed by atoms with E-state index in [-0.39, 0.29) is 6.04 Å². The maximum absolute atomic E-state index is 13.3. The zero-order valence-corrected chi connectivity index (χ0v) is 12.4. The summed E-state index contributed by atoms with van der Waals surface area (Å²) >= 11 is 1.71. The molecule has 0 spiro atoms. The first kappa shape index (κ1) is 14.2. The van der Waals surface area contributed by atoms with E-state index in [1.54, 1.807) is 11.3 Å². The lowest BCUT2D eigenvalue weighted by Gasteiger charge is -2.14. The van der Waals surface area contributed by atoms with E-state index in [2.05, 4.69) is 23.5 Å². The van der Waals surface area contributed by atoms with E-state index in [0.717, 1.165) is 6.07 Å². The molecule has 1 aromatic heterocycles. The van der Waals surface area contributed by atoms with Gasteiger partial charge in [0.2, 0.25) is 0 Å². The molecule has 0 aliphatic rings. The van der Waals surface area contributed by atoms with Gasteiger partial charge < -0.3 is 5.32 Å². The number of nitrogens with one attached hydrogen (secondary N) is 1. The van der Waals surface area contributed by atoms with Crippen LogP contribution in [-0.2, 0) is 6.42 Å². The number of halogens is 2. The van der Waals surface area contributed by atoms with Gasteiger partial charge in [-0.2, -0.15) is 0 Å². The van der Waals surface area contributed by atoms with Crippen LogP contribution in [0.5, 0.6) is 0 Å². The Morgan fingerprint density at radius 3 is 2.43 bits per heavy atom. The Morgan fingerprint density at radius 1 is 1.05 bits per heavy atom. The SMILES string of the molecule is CNC(Cc1cc(F)cc(F)c1)c1cc2ccccc2s1. The van der Waals surface area contributed by atoms with Gasteiger partial charge in [-0.3, -0.25) is 0 Å². The van der Waals surface area contributed by atoms with Crippen molar-refractivity contribution in [2.75, 3.05) is 7.05 Å². The molecule has 3 rings (SSSR count). The molecular weight excluding hydrogens is 288 g/mol. The molecule has 0 bridgehead atoms. The zero-order chi connectivity index (χ0) is 14.8. The largest absolute Gasteiger partial charge is 0.312 e. The molecule has 4 heteroatoms. The Morgan fingerprint density at radius 2 is 1.76 bits per heavy atom. The number of benzene rings is 2. The molecule has 2 aromatic carbocycles. The Bertz CT molecular complexity index is 713. The van der Waals surface area contributed by atoms with Crippen LogP contribution in [0.4, 0.5) is 8.78 Å². The van der Waals surface area contributed by atoms with Crippen LogP contribution in [0.3, 0.4) is 0 Å². The number of rotatable bonds is 4. The first-order valence-corrected chi connectivity index (χ1v) is 7.58. The smallest absolute Gasteiger partial charge is 0.126 e. The fourth-order valence-corrected chi connectivity index (χ4v) is 3.66. The van der Waals surface area contributed by atoms with Crippen molar-refractivity contribution < 1.29 is 8.78 Å². The molecule has 0 saturated carbocycles. The summed E-state index contributed by atoms with van der Waals surface area (Å²) in [5.41, 5.74) is 0.657. The van der Waals surface area contributed by atoms with Gasteiger partial charge in [0.25, 0.3) is 0 Å². The normalized spacial score (nSPS) is 12.7. The van der Waals surface area contributed by atoms with Crippen molar-refractivity contribution >= 4 is 21.4 Å². The monoisotopic (exact) mass is 303 g/mol. The minimum Gasteiger partial charge on any atom is -0.312 e. The average molecular weight is 303 g/mol. The van der Waals surface area contributed by atoms with Crippen LogP contribution in [0.1, 0.15) is 16.5 Å². The maximum atomic E-state index is 13.3. The quantitative estimate of drug-likeness (QED) is 0.738. The minimum absolute atomic E-state index is 0.0450. The lowest BCUT2D eigenvalue weighted by atomic mass is 10.0. The third-order valence-corrected chi connectivity index (χ3v) is 4.73. The van der Waals surface area contributed by atoms with E-state index >= 15 is 0 Å². The van der Waals surface area contributed by atoms with Gasteiger partial charge in [0, 0.05) is 21.7 Å². The summed E-state index contributed by atoms with van der Waals surface area (Å²) in [6.45, 7) is 0. The van der Waals surface area contributed by atoms with Gasteiger partial charge >= 0.3 is 0 Å². The second kappa shape index (κ2) is 5.92. The highest BCUT2D eigenvalue weighted by Crippen LogP contribution is 2.31. The topological polar surface area (TPSA) is 12.0 Å². The van der Waals surface area contributed by atoms with Gasteiger partial charge in [-0.05, 0) is 48.7 Å². The van der Waals surface area contributed by atoms with Crippen molar-refractivity contribution in [3.63, 3.8) is 0 Å². The Balaban J connectivity index is 1.90. The molecule has 0 saturated heterocycles. The third-order valence-electron chi connectivity index (χ3n) is 3.50. The van der Waals surface area contributed by atoms with E-state index in [1.807, 2.05) is 19.2 Å². The summed E-state index contributed by atoms with van der Waals surface area (Å²) in [4.78, 5) is 1.17. The predicted octanol–water partition coefficient (Wildman–Crippen LogP) is 4.68. The van der Waals surface area contributed by atoms with Gasteiger partial charge in [-0.1, -0.05) is 18.2 Å². The first-order valence-electron chi connectivity index (χ1n) is 6.76. The van der Waals surface area contributed by atoms with E-state index in [9.17, 15) is 8.78 Å². The van der Waals surface area contributed by atoms with Crippen LogP contribution in [0.2, 0.25) is 0 Å². The van der Waals surface area contributed by atoms with Gasteiger partial charge in [-0.25, -0.2) is 8.78 Å². The molecule has 1 unspecified atom stereocenters. The van der Waals surface area contributed by atoms with E-state index in [1.165, 1.54) is 27.1 Å². The highest BCUT2D eigenvalue weighted by atomic mass is 32.1. The zero-order valence-electron chi connectivity index (χ0n) is 11.6. The highest BCUT2D eigenvalue weighted by Gasteiger charge is 2.14. The molecule has 1 N–H and O–H groups in total. The molecule has 0 aliphatic carbocycles. The van der Waals surface area contributed by atoms with Crippen LogP contribution < -0.4 is 5.32 Å². The lowest BCUT2D eigenvalue weighted by Crippen LogP contribution is -2.17. The minimum atomic E-state index is -0.531. The molecular formula is C17H15F2NS. The molecule has 1 nitrogen and oxygen atoms in total. The summed E-state index contributed by atoms with van der Waals surface area (Å²) in [5, 5.41) is 4.43. The second-order valence-corrected chi connectivity index (χ2v) is 6.13. The van der Waals surface area contributed by atoms with Crippen LogP contribution in [0.25, 0.3) is 10.1 Å². The van der Waals surface area contributed by atoms with Crippen molar-refractivity contribution in [3.05, 3.63) is 70.6 Å². The molecule has 0 aliphatic heterocycles. The van der Waals surface area contributed by atoms with Gasteiger partial charge in [-0.15, -0.1) is 11.3 Å². The number of hydrogen-bond donors (Lipinski definition) is 1. The molecule has 1 heterocycles. The van der Waals surface area contributed by atoms with E-state index in [0.29, 0.717) is 12.0 Å². The Labute approximate surface area is 126 Å². The number of thiophene rings is 1. The third kappa shape index (κ3) is 3.12. The van der Waals surface area contributed by atoms with Crippen molar-refractivity contribution in [3.8, 4) is 0 Å². The second-order valence-electron chi connectivity index (χ2n) is 5.01. The van der Waals surface area contributed by atoms with E-state index in [4.69, 9.17) is 0 Å². The van der Waals surface area contributed by atoms with E-state index < -0.39 is 11.6 Å². The number of hydrogen-bond acceptors (Lipinski definition) is 2. The maximum Gasteiger partial charge on any atom is 0.126 e. The standard InChI is InChI=1S/C17H15F2NS/c1-20-15(8-11-6-13(18)10-14(19)7-11)17-9-12-4-2-3-5-16(12)21-17/h2-7,9-10,15,20H,8H2,1H3. The molecule has 0 amide bonds. The number of likely N-dealkylation sites (N-methyl/N-ethyl adjacent to an activating group) is 1.